The number of anilines is 1. The van der Waals surface area contributed by atoms with Crippen LogP contribution in [0.3, 0.4) is 0 Å². The number of rotatable bonds is 2. The van der Waals surface area contributed by atoms with E-state index in [1.54, 1.807) is 16.4 Å². The summed E-state index contributed by atoms with van der Waals surface area (Å²) in [7, 11) is 1.87. The van der Waals surface area contributed by atoms with Gasteiger partial charge in [-0.1, -0.05) is 30.0 Å². The Balaban J connectivity index is 2.23. The number of nitrogens with zero attached hydrogens (tertiary/aromatic N) is 2. The lowest BCUT2D eigenvalue weighted by Crippen LogP contribution is -1.86. The molecule has 0 spiro atoms. The fraction of sp³-hybridized carbons (Fsp3) is 0.100. The van der Waals surface area contributed by atoms with Gasteiger partial charge in [-0.25, -0.2) is 0 Å². The van der Waals surface area contributed by atoms with E-state index in [-0.39, 0.29) is 0 Å². The van der Waals surface area contributed by atoms with Gasteiger partial charge in [0.15, 0.2) is 0 Å². The van der Waals surface area contributed by atoms with Gasteiger partial charge >= 0.3 is 0 Å². The predicted molar refractivity (Wildman–Crippen MR) is 58.2 cm³/mol. The van der Waals surface area contributed by atoms with Crippen LogP contribution < -0.4 is 5.73 Å². The second kappa shape index (κ2) is 3.75. The Morgan fingerprint density at radius 3 is 2.57 bits per heavy atom. The average molecular weight is 205 g/mol. The number of aromatic nitrogens is 2. The van der Waals surface area contributed by atoms with E-state index in [1.165, 1.54) is 0 Å². The van der Waals surface area contributed by atoms with Crippen molar-refractivity contribution in [3.63, 3.8) is 0 Å². The summed E-state index contributed by atoms with van der Waals surface area (Å²) in [6.07, 6.45) is 1.81. The SMILES string of the molecule is Cn1cc(N)c(Sc2ccccc2)n1. The zero-order chi connectivity index (χ0) is 9.97. The first-order valence-corrected chi connectivity index (χ1v) is 5.09. The largest absolute Gasteiger partial charge is 0.395 e. The number of nitrogen functional groups attached to an aromatic ring is 1. The summed E-state index contributed by atoms with van der Waals surface area (Å²) in [5.74, 6) is 0. The van der Waals surface area contributed by atoms with Crippen LogP contribution in [0.2, 0.25) is 0 Å². The standard InChI is InChI=1S/C10H11N3S/c1-13-7-9(11)10(12-13)14-8-5-3-2-4-6-8/h2-7H,11H2,1H3. The monoisotopic (exact) mass is 205 g/mol. The molecule has 0 bridgehead atoms. The fourth-order valence-corrected chi connectivity index (χ4v) is 2.02. The lowest BCUT2D eigenvalue weighted by atomic mass is 10.4. The first-order valence-electron chi connectivity index (χ1n) is 4.28. The molecule has 0 saturated heterocycles. The molecule has 0 atom stereocenters. The van der Waals surface area contributed by atoms with E-state index < -0.39 is 0 Å². The van der Waals surface area contributed by atoms with Crippen molar-refractivity contribution in [1.29, 1.82) is 0 Å². The van der Waals surface area contributed by atoms with Gasteiger partial charge in [-0.15, -0.1) is 0 Å². The van der Waals surface area contributed by atoms with Gasteiger partial charge in [-0.3, -0.25) is 4.68 Å². The van der Waals surface area contributed by atoms with Crippen molar-refractivity contribution in [2.45, 2.75) is 9.92 Å². The smallest absolute Gasteiger partial charge is 0.146 e. The number of hydrogen-bond donors (Lipinski definition) is 1. The Bertz CT molecular complexity index is 422. The Hall–Kier alpha value is -1.42. The van der Waals surface area contributed by atoms with E-state index in [1.807, 2.05) is 43.6 Å². The van der Waals surface area contributed by atoms with Crippen LogP contribution in [0.4, 0.5) is 5.69 Å². The van der Waals surface area contributed by atoms with Gasteiger partial charge in [0.1, 0.15) is 5.03 Å². The zero-order valence-corrected chi connectivity index (χ0v) is 8.66. The molecule has 0 saturated carbocycles. The highest BCUT2D eigenvalue weighted by Gasteiger charge is 2.05. The van der Waals surface area contributed by atoms with Crippen LogP contribution in [-0.4, -0.2) is 9.78 Å². The third-order valence-corrected chi connectivity index (χ3v) is 2.80. The third-order valence-electron chi connectivity index (χ3n) is 1.78. The van der Waals surface area contributed by atoms with Crippen LogP contribution in [0.15, 0.2) is 46.5 Å². The van der Waals surface area contributed by atoms with Crippen LogP contribution in [0.5, 0.6) is 0 Å². The van der Waals surface area contributed by atoms with E-state index in [0.29, 0.717) is 0 Å². The highest BCUT2D eigenvalue weighted by Crippen LogP contribution is 2.29. The van der Waals surface area contributed by atoms with Crippen LogP contribution >= 0.6 is 11.8 Å². The molecule has 0 aliphatic rings. The highest BCUT2D eigenvalue weighted by molar-refractivity contribution is 7.99. The predicted octanol–water partition coefficient (Wildman–Crippen LogP) is 2.15. The molecule has 0 unspecified atom stereocenters. The maximum atomic E-state index is 5.79. The second-order valence-electron chi connectivity index (χ2n) is 2.98. The molecular formula is C10H11N3S. The fourth-order valence-electron chi connectivity index (χ4n) is 1.17. The molecule has 1 heterocycles. The second-order valence-corrected chi connectivity index (χ2v) is 4.04. The maximum absolute atomic E-state index is 5.79. The minimum atomic E-state index is 0.723. The zero-order valence-electron chi connectivity index (χ0n) is 7.84. The normalized spacial score (nSPS) is 10.4. The minimum absolute atomic E-state index is 0.723. The van der Waals surface area contributed by atoms with Crippen LogP contribution in [-0.2, 0) is 7.05 Å². The number of hydrogen-bond acceptors (Lipinski definition) is 3. The van der Waals surface area contributed by atoms with E-state index >= 15 is 0 Å². The van der Waals surface area contributed by atoms with Gasteiger partial charge in [0.25, 0.3) is 0 Å². The average Bonchev–Trinajstić information content (AvgIpc) is 2.47. The van der Waals surface area contributed by atoms with Gasteiger partial charge in [0.05, 0.1) is 5.69 Å². The van der Waals surface area contributed by atoms with E-state index in [9.17, 15) is 0 Å². The van der Waals surface area contributed by atoms with Crippen molar-refractivity contribution in [3.05, 3.63) is 36.5 Å². The number of nitrogens with two attached hydrogens (primary N) is 1. The molecular weight excluding hydrogens is 194 g/mol. The Morgan fingerprint density at radius 2 is 2.00 bits per heavy atom. The molecule has 0 radical (unpaired) electrons. The minimum Gasteiger partial charge on any atom is -0.395 e. The van der Waals surface area contributed by atoms with Crippen molar-refractivity contribution in [1.82, 2.24) is 9.78 Å². The van der Waals surface area contributed by atoms with Crippen LogP contribution in [0.25, 0.3) is 0 Å². The molecule has 0 aliphatic carbocycles. The molecule has 2 N–H and O–H groups in total. The quantitative estimate of drug-likeness (QED) is 0.817. The summed E-state index contributed by atoms with van der Waals surface area (Å²) < 4.78 is 1.72. The molecule has 1 aromatic carbocycles. The first kappa shape index (κ1) is 9.15. The van der Waals surface area contributed by atoms with E-state index in [2.05, 4.69) is 5.10 Å². The molecule has 4 heteroatoms. The Labute approximate surface area is 86.9 Å². The highest BCUT2D eigenvalue weighted by atomic mass is 32.2. The maximum Gasteiger partial charge on any atom is 0.146 e. The van der Waals surface area contributed by atoms with Crippen LogP contribution in [0, 0.1) is 0 Å². The van der Waals surface area contributed by atoms with Gasteiger partial charge in [-0.2, -0.15) is 5.10 Å². The molecule has 1 aromatic heterocycles. The van der Waals surface area contributed by atoms with Gasteiger partial charge in [-0.05, 0) is 12.1 Å². The molecule has 3 nitrogen and oxygen atoms in total. The summed E-state index contributed by atoms with van der Waals surface area (Å²) in [5.41, 5.74) is 6.51. The summed E-state index contributed by atoms with van der Waals surface area (Å²) in [6, 6.07) is 10.1. The molecule has 2 rings (SSSR count). The Morgan fingerprint density at radius 1 is 1.29 bits per heavy atom. The van der Waals surface area contributed by atoms with Crippen molar-refractivity contribution < 1.29 is 0 Å². The van der Waals surface area contributed by atoms with Crippen molar-refractivity contribution in [2.75, 3.05) is 5.73 Å². The van der Waals surface area contributed by atoms with Crippen molar-refractivity contribution in [2.24, 2.45) is 7.05 Å². The van der Waals surface area contributed by atoms with Gasteiger partial charge in [0.2, 0.25) is 0 Å². The summed E-state index contributed by atoms with van der Waals surface area (Å²) in [5, 5.41) is 5.12. The van der Waals surface area contributed by atoms with Crippen molar-refractivity contribution >= 4 is 17.4 Å². The molecule has 0 fully saturated rings. The summed E-state index contributed by atoms with van der Waals surface area (Å²) >= 11 is 1.58. The lowest BCUT2D eigenvalue weighted by molar-refractivity contribution is 0.738. The molecule has 2 aromatic rings. The number of benzene rings is 1. The van der Waals surface area contributed by atoms with Gasteiger partial charge < -0.3 is 5.73 Å². The lowest BCUT2D eigenvalue weighted by Gasteiger charge is -1.97. The summed E-state index contributed by atoms with van der Waals surface area (Å²) in [6.45, 7) is 0. The topological polar surface area (TPSA) is 43.8 Å². The molecule has 0 amide bonds. The summed E-state index contributed by atoms with van der Waals surface area (Å²) in [4.78, 5) is 1.15. The molecule has 72 valence electrons. The first-order chi connectivity index (χ1) is 6.75. The van der Waals surface area contributed by atoms with Crippen molar-refractivity contribution in [3.8, 4) is 0 Å². The molecule has 14 heavy (non-hydrogen) atoms. The van der Waals surface area contributed by atoms with Gasteiger partial charge in [0, 0.05) is 18.1 Å². The molecule has 0 aliphatic heterocycles. The third kappa shape index (κ3) is 1.90. The number of aryl methyl sites for hydroxylation is 1. The Kier molecular flexibility index (Phi) is 2.45. The van der Waals surface area contributed by atoms with E-state index in [4.69, 9.17) is 5.73 Å². The van der Waals surface area contributed by atoms with E-state index in [0.717, 1.165) is 15.6 Å². The van der Waals surface area contributed by atoms with Crippen LogP contribution in [0.1, 0.15) is 0 Å².